The van der Waals surface area contributed by atoms with Gasteiger partial charge in [0.1, 0.15) is 0 Å². The highest BCUT2D eigenvalue weighted by molar-refractivity contribution is 6.30. The number of likely N-dealkylation sites (tertiary alicyclic amines) is 1. The molecule has 3 rings (SSSR count). The van der Waals surface area contributed by atoms with Crippen LogP contribution < -0.4 is 10.6 Å². The topological polar surface area (TPSA) is 81.7 Å². The maximum Gasteiger partial charge on any atom is 0.416 e. The zero-order valence-electron chi connectivity index (χ0n) is 17.2. The van der Waals surface area contributed by atoms with Crippen molar-refractivity contribution >= 4 is 29.4 Å². The first kappa shape index (κ1) is 25.5. The molecule has 6 nitrogen and oxygen atoms in total. The van der Waals surface area contributed by atoms with Crippen molar-refractivity contribution in [3.8, 4) is 0 Å². The zero-order chi connectivity index (χ0) is 25.3. The van der Waals surface area contributed by atoms with E-state index in [1.54, 1.807) is 24.3 Å². The zero-order valence-corrected chi connectivity index (χ0v) is 17.9. The van der Waals surface area contributed by atoms with Crippen LogP contribution >= 0.6 is 11.6 Å². The summed E-state index contributed by atoms with van der Waals surface area (Å²) in [5.74, 6) is -0.528. The first-order chi connectivity index (χ1) is 15.7. The predicted molar refractivity (Wildman–Crippen MR) is 111 cm³/mol. The third-order valence-corrected chi connectivity index (χ3v) is 5.60. The van der Waals surface area contributed by atoms with Crippen molar-refractivity contribution in [2.24, 2.45) is 0 Å². The summed E-state index contributed by atoms with van der Waals surface area (Å²) in [7, 11) is 0. The molecule has 13 heteroatoms. The van der Waals surface area contributed by atoms with E-state index in [-0.39, 0.29) is 25.6 Å². The summed E-state index contributed by atoms with van der Waals surface area (Å²) < 4.78 is 78.3. The minimum Gasteiger partial charge on any atom is -0.465 e. The number of urea groups is 1. The number of nitrogens with one attached hydrogen (secondary N) is 2. The Hall–Kier alpha value is -3.15. The van der Waals surface area contributed by atoms with E-state index >= 15 is 0 Å². The van der Waals surface area contributed by atoms with Gasteiger partial charge in [-0.1, -0.05) is 23.7 Å². The highest BCUT2D eigenvalue weighted by atomic mass is 35.5. The number of nitrogens with zero attached hydrogens (tertiary/aromatic N) is 1. The van der Waals surface area contributed by atoms with Gasteiger partial charge in [0, 0.05) is 35.8 Å². The Kier molecular flexibility index (Phi) is 7.20. The number of anilines is 1. The lowest BCUT2D eigenvalue weighted by Gasteiger charge is -2.38. The van der Waals surface area contributed by atoms with E-state index < -0.39 is 53.3 Å². The van der Waals surface area contributed by atoms with E-state index in [1.807, 2.05) is 5.32 Å². The van der Waals surface area contributed by atoms with Crippen molar-refractivity contribution in [2.75, 3.05) is 18.4 Å². The Bertz CT molecular complexity index is 1030. The van der Waals surface area contributed by atoms with E-state index in [2.05, 4.69) is 5.32 Å². The van der Waals surface area contributed by atoms with Gasteiger partial charge < -0.3 is 20.6 Å². The van der Waals surface area contributed by atoms with Crippen molar-refractivity contribution in [1.29, 1.82) is 0 Å². The molecule has 1 aliphatic heterocycles. The monoisotopic (exact) mass is 509 g/mol. The maximum absolute atomic E-state index is 13.1. The van der Waals surface area contributed by atoms with Gasteiger partial charge in [-0.2, -0.15) is 26.3 Å². The molecule has 0 spiro atoms. The highest BCUT2D eigenvalue weighted by Crippen LogP contribution is 2.37. The summed E-state index contributed by atoms with van der Waals surface area (Å²) in [5, 5.41) is 14.3. The van der Waals surface area contributed by atoms with E-state index in [0.29, 0.717) is 22.7 Å². The fraction of sp³-hybridized carbons (Fsp3) is 0.333. The number of rotatable bonds is 3. The third kappa shape index (κ3) is 6.25. The molecule has 1 heterocycles. The van der Waals surface area contributed by atoms with Crippen LogP contribution in [0.25, 0.3) is 0 Å². The number of carbonyl (C=O) groups is 2. The Balaban J connectivity index is 1.82. The molecule has 2 aromatic rings. The van der Waals surface area contributed by atoms with Gasteiger partial charge in [0.25, 0.3) is 0 Å². The molecule has 1 fully saturated rings. The SMILES string of the molecule is O=C(Nc1cc(C(F)(F)F)cc(C(F)(F)F)c1)NC1CCN(C(=O)O)CC1c1ccc(Cl)cc1. The molecular formula is C21H18ClF6N3O3. The van der Waals surface area contributed by atoms with E-state index in [1.165, 1.54) is 0 Å². The van der Waals surface area contributed by atoms with Crippen LogP contribution in [0, 0.1) is 0 Å². The molecule has 2 unspecified atom stereocenters. The van der Waals surface area contributed by atoms with Crippen LogP contribution in [0.5, 0.6) is 0 Å². The smallest absolute Gasteiger partial charge is 0.416 e. The van der Waals surface area contributed by atoms with Gasteiger partial charge in [-0.3, -0.25) is 0 Å². The molecule has 1 aliphatic rings. The van der Waals surface area contributed by atoms with Crippen LogP contribution in [0.2, 0.25) is 5.02 Å². The third-order valence-electron chi connectivity index (χ3n) is 5.34. The number of carboxylic acid groups (broad SMARTS) is 1. The number of alkyl halides is 6. The molecule has 2 aromatic carbocycles. The quantitative estimate of drug-likeness (QED) is 0.442. The standard InChI is InChI=1S/C21H18ClF6N3O3/c22-14-3-1-11(2-4-14)16-10-31(19(33)34)6-5-17(16)30-18(32)29-15-8-12(20(23,24)25)7-13(9-15)21(26,27)28/h1-4,7-9,16-17H,5-6,10H2,(H,33,34)(H2,29,30,32). The highest BCUT2D eigenvalue weighted by Gasteiger charge is 2.37. The first-order valence-electron chi connectivity index (χ1n) is 9.84. The summed E-state index contributed by atoms with van der Waals surface area (Å²) in [6.45, 7) is 0.0931. The average molecular weight is 510 g/mol. The normalized spacial score (nSPS) is 19.0. The first-order valence-corrected chi connectivity index (χ1v) is 10.2. The second kappa shape index (κ2) is 9.61. The van der Waals surface area contributed by atoms with Crippen molar-refractivity contribution in [1.82, 2.24) is 10.2 Å². The predicted octanol–water partition coefficient (Wildman–Crippen LogP) is 6.04. The van der Waals surface area contributed by atoms with E-state index in [0.717, 1.165) is 4.90 Å². The van der Waals surface area contributed by atoms with Crippen molar-refractivity contribution in [2.45, 2.75) is 30.7 Å². The fourth-order valence-corrected chi connectivity index (χ4v) is 3.83. The van der Waals surface area contributed by atoms with Gasteiger partial charge in [-0.25, -0.2) is 9.59 Å². The number of hydrogen-bond donors (Lipinski definition) is 3. The Morgan fingerprint density at radius 3 is 2.03 bits per heavy atom. The minimum absolute atomic E-state index is 0.0176. The largest absolute Gasteiger partial charge is 0.465 e. The van der Waals surface area contributed by atoms with Crippen molar-refractivity contribution in [3.63, 3.8) is 0 Å². The van der Waals surface area contributed by atoms with Gasteiger partial charge >= 0.3 is 24.5 Å². The Morgan fingerprint density at radius 2 is 1.53 bits per heavy atom. The maximum atomic E-state index is 13.1. The molecule has 3 N–H and O–H groups in total. The van der Waals surface area contributed by atoms with Crippen LogP contribution in [-0.4, -0.2) is 41.3 Å². The molecule has 3 amide bonds. The van der Waals surface area contributed by atoms with Crippen LogP contribution in [0.1, 0.15) is 29.0 Å². The molecule has 0 saturated carbocycles. The van der Waals surface area contributed by atoms with Gasteiger partial charge in [0.15, 0.2) is 0 Å². The molecule has 184 valence electrons. The van der Waals surface area contributed by atoms with E-state index in [4.69, 9.17) is 11.6 Å². The summed E-state index contributed by atoms with van der Waals surface area (Å²) in [6, 6.07) is 5.54. The van der Waals surface area contributed by atoms with Crippen molar-refractivity contribution < 1.29 is 41.0 Å². The van der Waals surface area contributed by atoms with E-state index in [9.17, 15) is 41.0 Å². The van der Waals surface area contributed by atoms with Crippen LogP contribution in [-0.2, 0) is 12.4 Å². The molecule has 0 aliphatic carbocycles. The molecular weight excluding hydrogens is 492 g/mol. The van der Waals surface area contributed by atoms with Crippen LogP contribution in [0.3, 0.4) is 0 Å². The fourth-order valence-electron chi connectivity index (χ4n) is 3.71. The lowest BCUT2D eigenvalue weighted by atomic mass is 9.86. The van der Waals surface area contributed by atoms with Gasteiger partial charge in [0.2, 0.25) is 0 Å². The molecule has 0 aromatic heterocycles. The van der Waals surface area contributed by atoms with Crippen LogP contribution in [0.4, 0.5) is 41.6 Å². The molecule has 0 bridgehead atoms. The minimum atomic E-state index is -5.06. The molecule has 2 atom stereocenters. The Labute approximate surface area is 194 Å². The number of amides is 3. The number of piperidine rings is 1. The summed E-state index contributed by atoms with van der Waals surface area (Å²) in [4.78, 5) is 25.1. The summed E-state index contributed by atoms with van der Waals surface area (Å²) in [6.07, 6.45) is -11.1. The number of halogens is 7. The summed E-state index contributed by atoms with van der Waals surface area (Å²) in [5.41, 5.74) is -3.16. The molecule has 34 heavy (non-hydrogen) atoms. The number of benzene rings is 2. The lowest BCUT2D eigenvalue weighted by Crippen LogP contribution is -2.51. The van der Waals surface area contributed by atoms with Gasteiger partial charge in [0.05, 0.1) is 11.1 Å². The average Bonchev–Trinajstić information content (AvgIpc) is 2.73. The Morgan fingerprint density at radius 1 is 0.971 bits per heavy atom. The molecule has 1 saturated heterocycles. The van der Waals surface area contributed by atoms with Gasteiger partial charge in [-0.05, 0) is 42.3 Å². The number of hydrogen-bond acceptors (Lipinski definition) is 2. The van der Waals surface area contributed by atoms with Crippen LogP contribution in [0.15, 0.2) is 42.5 Å². The van der Waals surface area contributed by atoms with Crippen molar-refractivity contribution in [3.05, 3.63) is 64.2 Å². The second-order valence-electron chi connectivity index (χ2n) is 7.67. The van der Waals surface area contributed by atoms with Gasteiger partial charge in [-0.15, -0.1) is 0 Å². The summed E-state index contributed by atoms with van der Waals surface area (Å²) >= 11 is 5.89. The lowest BCUT2D eigenvalue weighted by molar-refractivity contribution is -0.143. The second-order valence-corrected chi connectivity index (χ2v) is 8.11. The molecule has 0 radical (unpaired) electrons. The number of carbonyl (C=O) groups excluding carboxylic acids is 1.